The van der Waals surface area contributed by atoms with Crippen LogP contribution in [0.1, 0.15) is 309 Å². The number of phosphoric ester groups is 1. The summed E-state index contributed by atoms with van der Waals surface area (Å²) in [7, 11) is -4.41. The van der Waals surface area contributed by atoms with Crippen molar-refractivity contribution < 1.29 is 37.6 Å². The predicted molar refractivity (Wildman–Crippen MR) is 376 cm³/mol. The second-order valence-corrected chi connectivity index (χ2v) is 24.8. The number of rotatable bonds is 66. The van der Waals surface area contributed by atoms with Crippen molar-refractivity contribution in [3.05, 3.63) is 134 Å². The first-order chi connectivity index (χ1) is 42.8. The van der Waals surface area contributed by atoms with Crippen molar-refractivity contribution in [3.63, 3.8) is 0 Å². The van der Waals surface area contributed by atoms with Crippen LogP contribution in [0.15, 0.2) is 134 Å². The van der Waals surface area contributed by atoms with Gasteiger partial charge in [0.1, 0.15) is 6.61 Å². The van der Waals surface area contributed by atoms with Crippen molar-refractivity contribution >= 4 is 19.8 Å². The highest BCUT2D eigenvalue weighted by molar-refractivity contribution is 7.47. The molecule has 0 aromatic rings. The SMILES string of the molecule is CC/C=C\C/C=C\C/C=C\C/C=C\C/C=C\C/C=C\C/C=C\CCCCCCCC(=O)OC(COC(=O)CCCCCCCCCCCCCCCCCCCCCCCCCCCC/C=C\C/C=C\C/C=C\C/C=C\CC)COP(=O)(O)OCCN. The Morgan fingerprint density at radius 3 is 0.885 bits per heavy atom. The Morgan fingerprint density at radius 1 is 0.345 bits per heavy atom. The van der Waals surface area contributed by atoms with E-state index in [2.05, 4.69) is 148 Å². The van der Waals surface area contributed by atoms with Gasteiger partial charge in [-0.15, -0.1) is 0 Å². The summed E-state index contributed by atoms with van der Waals surface area (Å²) < 4.78 is 33.2. The Labute approximate surface area is 535 Å². The fraction of sp³-hybridized carbons (Fsp3) is 0.688. The minimum Gasteiger partial charge on any atom is -0.462 e. The Bertz CT molecular complexity index is 1890. The van der Waals surface area contributed by atoms with Crippen LogP contribution in [0.3, 0.4) is 0 Å². The average Bonchev–Trinajstić information content (AvgIpc) is 3.62. The van der Waals surface area contributed by atoms with Crippen LogP contribution < -0.4 is 5.73 Å². The van der Waals surface area contributed by atoms with Gasteiger partial charge in [-0.3, -0.25) is 18.6 Å². The van der Waals surface area contributed by atoms with Gasteiger partial charge in [-0.2, -0.15) is 0 Å². The molecule has 0 aliphatic rings. The van der Waals surface area contributed by atoms with Crippen molar-refractivity contribution in [3.8, 4) is 0 Å². The first kappa shape index (κ1) is 83.2. The van der Waals surface area contributed by atoms with Crippen molar-refractivity contribution in [1.82, 2.24) is 0 Å². The predicted octanol–water partition coefficient (Wildman–Crippen LogP) is 23.6. The zero-order chi connectivity index (χ0) is 63.0. The van der Waals surface area contributed by atoms with Crippen molar-refractivity contribution in [2.24, 2.45) is 5.73 Å². The van der Waals surface area contributed by atoms with Crippen molar-refractivity contribution in [2.75, 3.05) is 26.4 Å². The molecule has 0 amide bonds. The number of ether oxygens (including phenoxy) is 2. The second kappa shape index (κ2) is 71.2. The van der Waals surface area contributed by atoms with E-state index in [1.54, 1.807) is 0 Å². The van der Waals surface area contributed by atoms with E-state index in [1.807, 2.05) is 0 Å². The number of phosphoric acid groups is 1. The van der Waals surface area contributed by atoms with Crippen LogP contribution in [0.5, 0.6) is 0 Å². The number of carbonyl (C=O) groups is 2. The van der Waals surface area contributed by atoms with Crippen LogP contribution >= 0.6 is 7.82 Å². The van der Waals surface area contributed by atoms with E-state index in [0.717, 1.165) is 122 Å². The minimum atomic E-state index is -4.41. The lowest BCUT2D eigenvalue weighted by molar-refractivity contribution is -0.161. The van der Waals surface area contributed by atoms with Crippen LogP contribution in [0.2, 0.25) is 0 Å². The van der Waals surface area contributed by atoms with Crippen LogP contribution in [0.25, 0.3) is 0 Å². The molecule has 0 fully saturated rings. The van der Waals surface area contributed by atoms with Crippen LogP contribution in [0, 0.1) is 0 Å². The maximum Gasteiger partial charge on any atom is 0.472 e. The van der Waals surface area contributed by atoms with E-state index in [9.17, 15) is 19.0 Å². The molecule has 0 radical (unpaired) electrons. The number of hydrogen-bond acceptors (Lipinski definition) is 8. The maximum atomic E-state index is 12.8. The molecule has 0 aromatic heterocycles. The molecule has 0 rings (SSSR count). The molecule has 0 saturated heterocycles. The number of hydrogen-bond donors (Lipinski definition) is 2. The molecule has 0 spiro atoms. The van der Waals surface area contributed by atoms with Gasteiger partial charge in [0.15, 0.2) is 6.10 Å². The molecule has 87 heavy (non-hydrogen) atoms. The second-order valence-electron chi connectivity index (χ2n) is 23.3. The topological polar surface area (TPSA) is 134 Å². The molecule has 0 aliphatic carbocycles. The van der Waals surface area contributed by atoms with E-state index >= 15 is 0 Å². The summed E-state index contributed by atoms with van der Waals surface area (Å²) in [5, 5.41) is 0. The fourth-order valence-electron chi connectivity index (χ4n) is 9.85. The molecular weight excluding hydrogens is 1100 g/mol. The smallest absolute Gasteiger partial charge is 0.462 e. The van der Waals surface area contributed by atoms with Gasteiger partial charge < -0.3 is 20.1 Å². The highest BCUT2D eigenvalue weighted by atomic mass is 31.2. The van der Waals surface area contributed by atoms with Gasteiger partial charge in [-0.1, -0.05) is 321 Å². The standard InChI is InChI=1S/C77H132NO8P/c1-3-5-7-9-11-13-15-17-19-21-23-25-27-29-31-32-33-34-35-36-37-38-39-40-41-42-44-45-47-49-51-53-55-57-59-61-63-65-67-69-76(79)83-73-75(74-85-87(81,82)84-72-71-78)86-77(80)70-68-66-64-62-60-58-56-54-52-50-48-46-43-30-28-26-24-22-20-18-16-14-12-10-8-6-4-2/h5-8,11-14,17-20,23-26,30,43,48,50,54,56,75H,3-4,9-10,15-16,21-22,27-29,31-42,44-47,49,51-53,55,57-74,78H2,1-2H3,(H,81,82)/b7-5-,8-6-,13-11-,14-12-,19-17-,20-18-,25-23-,26-24-,43-30-,50-48-,56-54-. The molecule has 498 valence electrons. The Kier molecular flexibility index (Phi) is 68.1. The van der Waals surface area contributed by atoms with Gasteiger partial charge >= 0.3 is 19.8 Å². The Morgan fingerprint density at radius 2 is 0.598 bits per heavy atom. The summed E-state index contributed by atoms with van der Waals surface area (Å²) >= 11 is 0. The molecular formula is C77H132NO8P. The summed E-state index contributed by atoms with van der Waals surface area (Å²) in [5.74, 6) is -0.846. The molecule has 0 aromatic carbocycles. The molecule has 3 N–H and O–H groups in total. The van der Waals surface area contributed by atoms with Gasteiger partial charge in [-0.05, 0) is 109 Å². The lowest BCUT2D eigenvalue weighted by atomic mass is 10.0. The number of esters is 2. The summed E-state index contributed by atoms with van der Waals surface area (Å²) in [6.45, 7) is 3.51. The summed E-state index contributed by atoms with van der Waals surface area (Å²) in [5.41, 5.74) is 5.40. The summed E-state index contributed by atoms with van der Waals surface area (Å²) in [4.78, 5) is 35.4. The highest BCUT2D eigenvalue weighted by Crippen LogP contribution is 2.43. The number of allylic oxidation sites excluding steroid dienone is 22. The number of nitrogens with two attached hydrogens (primary N) is 1. The molecule has 0 aliphatic heterocycles. The van der Waals surface area contributed by atoms with E-state index in [1.165, 1.54) is 154 Å². The summed E-state index contributed by atoms with van der Waals surface area (Å²) in [6.07, 6.45) is 101. The minimum absolute atomic E-state index is 0.0450. The van der Waals surface area contributed by atoms with Crippen LogP contribution in [-0.4, -0.2) is 49.3 Å². The van der Waals surface area contributed by atoms with Crippen molar-refractivity contribution in [1.29, 1.82) is 0 Å². The highest BCUT2D eigenvalue weighted by Gasteiger charge is 2.26. The molecule has 9 nitrogen and oxygen atoms in total. The zero-order valence-electron chi connectivity index (χ0n) is 56.0. The fourth-order valence-corrected chi connectivity index (χ4v) is 10.6. The molecule has 2 unspecified atom stereocenters. The van der Waals surface area contributed by atoms with Crippen LogP contribution in [0.4, 0.5) is 0 Å². The normalized spacial score (nSPS) is 13.7. The van der Waals surface area contributed by atoms with Gasteiger partial charge in [-0.25, -0.2) is 4.57 Å². The molecule has 10 heteroatoms. The lowest BCUT2D eigenvalue weighted by Gasteiger charge is -2.19. The quantitative estimate of drug-likeness (QED) is 0.0264. The van der Waals surface area contributed by atoms with Gasteiger partial charge in [0.05, 0.1) is 13.2 Å². The van der Waals surface area contributed by atoms with E-state index in [-0.39, 0.29) is 38.6 Å². The molecule has 0 bridgehead atoms. The summed E-state index contributed by atoms with van der Waals surface area (Å²) in [6, 6.07) is 0. The van der Waals surface area contributed by atoms with Gasteiger partial charge in [0, 0.05) is 19.4 Å². The first-order valence-corrected chi connectivity index (χ1v) is 37.2. The van der Waals surface area contributed by atoms with Crippen LogP contribution in [-0.2, 0) is 32.7 Å². The third kappa shape index (κ3) is 71.1. The largest absolute Gasteiger partial charge is 0.472 e. The van der Waals surface area contributed by atoms with Gasteiger partial charge in [0.25, 0.3) is 0 Å². The number of unbranched alkanes of at least 4 members (excludes halogenated alkanes) is 31. The third-order valence-electron chi connectivity index (χ3n) is 15.0. The molecule has 0 heterocycles. The molecule has 2 atom stereocenters. The lowest BCUT2D eigenvalue weighted by Crippen LogP contribution is -2.29. The first-order valence-electron chi connectivity index (χ1n) is 35.7. The van der Waals surface area contributed by atoms with E-state index < -0.39 is 26.5 Å². The van der Waals surface area contributed by atoms with Gasteiger partial charge in [0.2, 0.25) is 0 Å². The monoisotopic (exact) mass is 1230 g/mol. The molecule has 0 saturated carbocycles. The maximum absolute atomic E-state index is 12.8. The van der Waals surface area contributed by atoms with E-state index in [4.69, 9.17) is 24.3 Å². The average molecular weight is 1230 g/mol. The Hall–Kier alpha value is -3.85. The Balaban J connectivity index is 3.86. The van der Waals surface area contributed by atoms with Crippen molar-refractivity contribution in [2.45, 2.75) is 315 Å². The zero-order valence-corrected chi connectivity index (χ0v) is 56.9. The van der Waals surface area contributed by atoms with E-state index in [0.29, 0.717) is 6.42 Å². The number of carbonyl (C=O) groups excluding carboxylic acids is 2. The third-order valence-corrected chi connectivity index (χ3v) is 16.0.